The fourth-order valence-electron chi connectivity index (χ4n) is 2.12. The molecule has 0 bridgehead atoms. The summed E-state index contributed by atoms with van der Waals surface area (Å²) in [5.74, 6) is -0.528. The Hall–Kier alpha value is -1.62. The number of carboxylic acids is 1. The van der Waals surface area contributed by atoms with Gasteiger partial charge < -0.3 is 15.5 Å². The number of nitrogens with one attached hydrogen (secondary N) is 1. The van der Waals surface area contributed by atoms with Crippen molar-refractivity contribution in [3.05, 3.63) is 24.0 Å². The Morgan fingerprint density at radius 1 is 1.47 bits per heavy atom. The molecule has 0 saturated heterocycles. The minimum Gasteiger partial charge on any atom is -0.477 e. The lowest BCUT2D eigenvalue weighted by molar-refractivity contribution is 0.0690. The van der Waals surface area contributed by atoms with Crippen LogP contribution in [0, 0.1) is 5.92 Å². The minimum atomic E-state index is -1.02. The first kappa shape index (κ1) is 11.9. The second-order valence-corrected chi connectivity index (χ2v) is 4.45. The second kappa shape index (κ2) is 5.14. The van der Waals surface area contributed by atoms with E-state index in [0.717, 1.165) is 31.5 Å². The average molecular weight is 236 g/mol. The van der Waals surface area contributed by atoms with Crippen LogP contribution in [0.15, 0.2) is 18.3 Å². The van der Waals surface area contributed by atoms with Crippen molar-refractivity contribution in [1.29, 1.82) is 0 Å². The van der Waals surface area contributed by atoms with Gasteiger partial charge in [-0.25, -0.2) is 9.78 Å². The highest BCUT2D eigenvalue weighted by Gasteiger charge is 2.22. The first-order valence-electron chi connectivity index (χ1n) is 5.76. The predicted molar refractivity (Wildman–Crippen MR) is 63.0 cm³/mol. The fourth-order valence-corrected chi connectivity index (χ4v) is 2.12. The Kier molecular flexibility index (Phi) is 3.58. The van der Waals surface area contributed by atoms with Gasteiger partial charge in [-0.2, -0.15) is 0 Å². The van der Waals surface area contributed by atoms with Gasteiger partial charge in [-0.3, -0.25) is 0 Å². The van der Waals surface area contributed by atoms with Gasteiger partial charge in [0, 0.05) is 6.54 Å². The van der Waals surface area contributed by atoms with Gasteiger partial charge in [-0.05, 0) is 37.3 Å². The zero-order chi connectivity index (χ0) is 12.3. The molecular weight excluding hydrogens is 220 g/mol. The van der Waals surface area contributed by atoms with E-state index in [1.807, 2.05) is 0 Å². The third kappa shape index (κ3) is 3.17. The summed E-state index contributed by atoms with van der Waals surface area (Å²) in [6, 6.07) is 3.19. The van der Waals surface area contributed by atoms with E-state index in [1.54, 1.807) is 6.07 Å². The van der Waals surface area contributed by atoms with E-state index in [1.165, 1.54) is 12.3 Å². The highest BCUT2D eigenvalue weighted by Crippen LogP contribution is 2.25. The van der Waals surface area contributed by atoms with Crippen molar-refractivity contribution in [3.8, 4) is 0 Å². The molecule has 3 N–H and O–H groups in total. The van der Waals surface area contributed by atoms with Crippen molar-refractivity contribution in [2.75, 3.05) is 11.9 Å². The van der Waals surface area contributed by atoms with Crippen molar-refractivity contribution in [3.63, 3.8) is 0 Å². The standard InChI is InChI=1S/C12H16N2O3/c15-10-3-1-8(5-10)6-13-9-2-4-11(12(16)17)14-7-9/h2,4,7-8,10,13,15H,1,3,5-6H2,(H,16,17). The van der Waals surface area contributed by atoms with Crippen molar-refractivity contribution >= 4 is 11.7 Å². The van der Waals surface area contributed by atoms with Crippen molar-refractivity contribution in [1.82, 2.24) is 4.98 Å². The van der Waals surface area contributed by atoms with E-state index in [9.17, 15) is 9.90 Å². The molecule has 2 rings (SSSR count). The maximum absolute atomic E-state index is 10.6. The van der Waals surface area contributed by atoms with E-state index in [2.05, 4.69) is 10.3 Å². The number of hydrogen-bond acceptors (Lipinski definition) is 4. The molecule has 1 aromatic rings. The number of nitrogens with zero attached hydrogens (tertiary/aromatic N) is 1. The Bertz CT molecular complexity index is 391. The van der Waals surface area contributed by atoms with Crippen LogP contribution in [0.5, 0.6) is 0 Å². The number of aliphatic hydroxyl groups is 1. The molecule has 17 heavy (non-hydrogen) atoms. The van der Waals surface area contributed by atoms with Crippen LogP contribution in [0.4, 0.5) is 5.69 Å². The van der Waals surface area contributed by atoms with E-state index in [0.29, 0.717) is 5.92 Å². The van der Waals surface area contributed by atoms with Crippen molar-refractivity contribution < 1.29 is 15.0 Å². The number of carbonyl (C=O) groups is 1. The molecule has 2 unspecified atom stereocenters. The van der Waals surface area contributed by atoms with Crippen LogP contribution in [0.25, 0.3) is 0 Å². The molecule has 1 aliphatic carbocycles. The molecule has 1 aromatic heterocycles. The lowest BCUT2D eigenvalue weighted by Gasteiger charge is -2.11. The van der Waals surface area contributed by atoms with E-state index in [4.69, 9.17) is 5.11 Å². The summed E-state index contributed by atoms with van der Waals surface area (Å²) in [5, 5.41) is 21.3. The quantitative estimate of drug-likeness (QED) is 0.735. The van der Waals surface area contributed by atoms with Crippen LogP contribution in [-0.2, 0) is 0 Å². The number of anilines is 1. The largest absolute Gasteiger partial charge is 0.477 e. The Morgan fingerprint density at radius 3 is 2.82 bits per heavy atom. The second-order valence-electron chi connectivity index (χ2n) is 4.45. The molecule has 1 saturated carbocycles. The van der Waals surface area contributed by atoms with Crippen LogP contribution in [0.3, 0.4) is 0 Å². The van der Waals surface area contributed by atoms with Gasteiger partial charge in [-0.1, -0.05) is 0 Å². The topological polar surface area (TPSA) is 82.5 Å². The summed E-state index contributed by atoms with van der Waals surface area (Å²) in [6.07, 6.45) is 4.12. The summed E-state index contributed by atoms with van der Waals surface area (Å²) in [4.78, 5) is 14.4. The van der Waals surface area contributed by atoms with Gasteiger partial charge >= 0.3 is 5.97 Å². The summed E-state index contributed by atoms with van der Waals surface area (Å²) in [5.41, 5.74) is 0.864. The molecule has 0 spiro atoms. The third-order valence-electron chi connectivity index (χ3n) is 3.09. The zero-order valence-corrected chi connectivity index (χ0v) is 9.47. The summed E-state index contributed by atoms with van der Waals surface area (Å²) >= 11 is 0. The lowest BCUT2D eigenvalue weighted by Crippen LogP contribution is -2.13. The molecule has 5 nitrogen and oxygen atoms in total. The predicted octanol–water partition coefficient (Wildman–Crippen LogP) is 1.35. The molecule has 1 fully saturated rings. The Labute approximate surface area is 99.5 Å². The molecule has 0 aromatic carbocycles. The molecule has 0 amide bonds. The number of aromatic nitrogens is 1. The summed E-state index contributed by atoms with van der Waals surface area (Å²) in [7, 11) is 0. The lowest BCUT2D eigenvalue weighted by atomic mass is 10.1. The molecule has 1 heterocycles. The van der Waals surface area contributed by atoms with Crippen molar-refractivity contribution in [2.24, 2.45) is 5.92 Å². The first-order chi connectivity index (χ1) is 8.15. The van der Waals surface area contributed by atoms with E-state index in [-0.39, 0.29) is 11.8 Å². The first-order valence-corrected chi connectivity index (χ1v) is 5.76. The summed E-state index contributed by atoms with van der Waals surface area (Å²) in [6.45, 7) is 0.797. The van der Waals surface area contributed by atoms with E-state index < -0.39 is 5.97 Å². The van der Waals surface area contributed by atoms with Crippen molar-refractivity contribution in [2.45, 2.75) is 25.4 Å². The fraction of sp³-hybridized carbons (Fsp3) is 0.500. The monoisotopic (exact) mass is 236 g/mol. The molecule has 1 aliphatic rings. The van der Waals surface area contributed by atoms with Gasteiger partial charge in [0.15, 0.2) is 0 Å². The maximum atomic E-state index is 10.6. The number of aliphatic hydroxyl groups excluding tert-OH is 1. The number of rotatable bonds is 4. The SMILES string of the molecule is O=C(O)c1ccc(NCC2CCC(O)C2)cn1. The maximum Gasteiger partial charge on any atom is 0.354 e. The Balaban J connectivity index is 1.85. The molecule has 92 valence electrons. The molecule has 0 aliphatic heterocycles. The summed E-state index contributed by atoms with van der Waals surface area (Å²) < 4.78 is 0. The number of pyridine rings is 1. The number of aromatic carboxylic acids is 1. The third-order valence-corrected chi connectivity index (χ3v) is 3.09. The minimum absolute atomic E-state index is 0.0480. The highest BCUT2D eigenvalue weighted by atomic mass is 16.4. The Morgan fingerprint density at radius 2 is 2.29 bits per heavy atom. The van der Waals surface area contributed by atoms with E-state index >= 15 is 0 Å². The molecule has 5 heteroatoms. The normalized spacial score (nSPS) is 23.6. The number of carboxylic acid groups (broad SMARTS) is 1. The van der Waals surface area contributed by atoms with Crippen LogP contribution in [0.2, 0.25) is 0 Å². The highest BCUT2D eigenvalue weighted by molar-refractivity contribution is 5.85. The van der Waals surface area contributed by atoms with Gasteiger partial charge in [0.2, 0.25) is 0 Å². The van der Waals surface area contributed by atoms with Crippen LogP contribution >= 0.6 is 0 Å². The number of hydrogen-bond donors (Lipinski definition) is 3. The van der Waals surface area contributed by atoms with Gasteiger partial charge in [0.1, 0.15) is 5.69 Å². The molecule has 0 radical (unpaired) electrons. The van der Waals surface area contributed by atoms with Gasteiger partial charge in [0.25, 0.3) is 0 Å². The van der Waals surface area contributed by atoms with Gasteiger partial charge in [-0.15, -0.1) is 0 Å². The average Bonchev–Trinajstić information content (AvgIpc) is 2.73. The van der Waals surface area contributed by atoms with Crippen LogP contribution in [0.1, 0.15) is 29.8 Å². The molecular formula is C12H16N2O3. The van der Waals surface area contributed by atoms with Crippen LogP contribution < -0.4 is 5.32 Å². The smallest absolute Gasteiger partial charge is 0.354 e. The molecule has 2 atom stereocenters. The van der Waals surface area contributed by atoms with Crippen LogP contribution in [-0.4, -0.2) is 33.8 Å². The zero-order valence-electron chi connectivity index (χ0n) is 9.47. The van der Waals surface area contributed by atoms with Gasteiger partial charge in [0.05, 0.1) is 18.0 Å².